The molecular weight excluding hydrogens is 168 g/mol. The summed E-state index contributed by atoms with van der Waals surface area (Å²) in [6, 6.07) is 0. The summed E-state index contributed by atoms with van der Waals surface area (Å²) in [5.74, 6) is -1.61. The molecule has 0 aromatic carbocycles. The van der Waals surface area contributed by atoms with E-state index in [1.54, 1.807) is 6.08 Å². The first-order valence-electron chi connectivity index (χ1n) is 4.59. The van der Waals surface area contributed by atoms with Crippen LogP contribution in [0.2, 0.25) is 0 Å². The number of hydrogen-bond donors (Lipinski definition) is 3. The first kappa shape index (κ1) is 12.6. The fourth-order valence-electron chi connectivity index (χ4n) is 1.11. The molecule has 1 unspecified atom stereocenters. The fourth-order valence-corrected chi connectivity index (χ4v) is 1.11. The van der Waals surface area contributed by atoms with Gasteiger partial charge in [0.2, 0.25) is 0 Å². The maximum Gasteiger partial charge on any atom is 0.159 e. The summed E-state index contributed by atoms with van der Waals surface area (Å²) < 4.78 is 0. The largest absolute Gasteiger partial charge is 0.389 e. The van der Waals surface area contributed by atoms with E-state index in [-0.39, 0.29) is 0 Å². The lowest BCUT2D eigenvalue weighted by Crippen LogP contribution is -2.22. The molecule has 0 aromatic heterocycles. The van der Waals surface area contributed by atoms with Crippen molar-refractivity contribution in [2.24, 2.45) is 0 Å². The Hall–Kier alpha value is -0.380. The Balaban J connectivity index is 3.60. The van der Waals surface area contributed by atoms with Crippen LogP contribution < -0.4 is 0 Å². The van der Waals surface area contributed by atoms with Crippen LogP contribution in [0.4, 0.5) is 0 Å². The monoisotopic (exact) mass is 188 g/mol. The van der Waals surface area contributed by atoms with Crippen LogP contribution in [0.5, 0.6) is 0 Å². The van der Waals surface area contributed by atoms with Gasteiger partial charge in [-0.25, -0.2) is 0 Å². The van der Waals surface area contributed by atoms with Crippen molar-refractivity contribution in [3.05, 3.63) is 11.6 Å². The standard InChI is InChI=1S/C10H20O3/c1-8(2)7-9(11)5-4-6-10(3,12)13/h7,9,11-13H,4-6H2,1-3H3. The van der Waals surface area contributed by atoms with Gasteiger partial charge in [-0.05, 0) is 33.6 Å². The molecule has 3 nitrogen and oxygen atoms in total. The molecule has 0 spiro atoms. The van der Waals surface area contributed by atoms with Gasteiger partial charge in [0, 0.05) is 6.42 Å². The lowest BCUT2D eigenvalue weighted by Gasteiger charge is -2.15. The van der Waals surface area contributed by atoms with Crippen LogP contribution in [0.1, 0.15) is 40.0 Å². The summed E-state index contributed by atoms with van der Waals surface area (Å²) >= 11 is 0. The zero-order chi connectivity index (χ0) is 10.5. The number of aliphatic hydroxyl groups is 3. The molecule has 0 fully saturated rings. The number of rotatable bonds is 5. The van der Waals surface area contributed by atoms with E-state index < -0.39 is 11.9 Å². The van der Waals surface area contributed by atoms with Crippen molar-refractivity contribution in [1.29, 1.82) is 0 Å². The molecule has 0 aliphatic heterocycles. The zero-order valence-corrected chi connectivity index (χ0v) is 8.62. The van der Waals surface area contributed by atoms with Gasteiger partial charge in [-0.15, -0.1) is 0 Å². The van der Waals surface area contributed by atoms with Crippen LogP contribution in [-0.4, -0.2) is 27.2 Å². The molecule has 0 saturated heterocycles. The van der Waals surface area contributed by atoms with Crippen LogP contribution in [0, 0.1) is 0 Å². The van der Waals surface area contributed by atoms with Gasteiger partial charge < -0.3 is 15.3 Å². The fraction of sp³-hybridized carbons (Fsp3) is 0.800. The maximum atomic E-state index is 9.38. The van der Waals surface area contributed by atoms with Crippen LogP contribution >= 0.6 is 0 Å². The average molecular weight is 188 g/mol. The Labute approximate surface area is 79.7 Å². The summed E-state index contributed by atoms with van der Waals surface area (Å²) in [5, 5.41) is 27.3. The third kappa shape index (κ3) is 9.53. The second-order valence-electron chi connectivity index (χ2n) is 3.92. The molecule has 78 valence electrons. The predicted molar refractivity (Wildman–Crippen MR) is 52.1 cm³/mol. The SMILES string of the molecule is CC(C)=CC(O)CCCC(C)(O)O. The molecule has 13 heavy (non-hydrogen) atoms. The molecule has 0 rings (SSSR count). The molecule has 3 heteroatoms. The van der Waals surface area contributed by atoms with E-state index in [0.717, 1.165) is 5.57 Å². The second-order valence-corrected chi connectivity index (χ2v) is 3.92. The molecule has 1 atom stereocenters. The highest BCUT2D eigenvalue weighted by molar-refractivity contribution is 4.97. The Morgan fingerprint density at radius 3 is 2.31 bits per heavy atom. The molecule has 0 aromatic rings. The van der Waals surface area contributed by atoms with Gasteiger partial charge in [0.05, 0.1) is 6.10 Å². The number of aliphatic hydroxyl groups excluding tert-OH is 1. The van der Waals surface area contributed by atoms with Crippen molar-refractivity contribution in [2.75, 3.05) is 0 Å². The molecule has 3 N–H and O–H groups in total. The van der Waals surface area contributed by atoms with Crippen molar-refractivity contribution in [3.8, 4) is 0 Å². The first-order chi connectivity index (χ1) is 5.81. The molecule has 0 amide bonds. The molecular formula is C10H20O3. The minimum absolute atomic E-state index is 0.292. The van der Waals surface area contributed by atoms with Gasteiger partial charge in [0.25, 0.3) is 0 Å². The molecule has 0 aliphatic carbocycles. The summed E-state index contributed by atoms with van der Waals surface area (Å²) in [7, 11) is 0. The topological polar surface area (TPSA) is 60.7 Å². The van der Waals surface area contributed by atoms with Gasteiger partial charge >= 0.3 is 0 Å². The van der Waals surface area contributed by atoms with Crippen LogP contribution in [0.3, 0.4) is 0 Å². The van der Waals surface area contributed by atoms with Gasteiger partial charge in [-0.3, -0.25) is 0 Å². The minimum atomic E-state index is -1.61. The number of allylic oxidation sites excluding steroid dienone is 1. The lowest BCUT2D eigenvalue weighted by atomic mass is 10.1. The van der Waals surface area contributed by atoms with Crippen LogP contribution in [-0.2, 0) is 0 Å². The smallest absolute Gasteiger partial charge is 0.159 e. The first-order valence-corrected chi connectivity index (χ1v) is 4.59. The van der Waals surface area contributed by atoms with Crippen molar-refractivity contribution in [1.82, 2.24) is 0 Å². The molecule has 0 radical (unpaired) electrons. The predicted octanol–water partition coefficient (Wildman–Crippen LogP) is 1.18. The van der Waals surface area contributed by atoms with E-state index in [9.17, 15) is 5.11 Å². The molecule has 0 aliphatic rings. The summed E-state index contributed by atoms with van der Waals surface area (Å²) in [5.41, 5.74) is 1.07. The molecule has 0 bridgehead atoms. The second kappa shape index (κ2) is 5.37. The highest BCUT2D eigenvalue weighted by atomic mass is 16.5. The van der Waals surface area contributed by atoms with E-state index in [2.05, 4.69) is 0 Å². The van der Waals surface area contributed by atoms with Gasteiger partial charge in [-0.1, -0.05) is 11.6 Å². The Morgan fingerprint density at radius 2 is 1.92 bits per heavy atom. The molecule has 0 saturated carbocycles. The third-order valence-electron chi connectivity index (χ3n) is 1.68. The van der Waals surface area contributed by atoms with E-state index in [1.165, 1.54) is 6.92 Å². The van der Waals surface area contributed by atoms with Crippen molar-refractivity contribution in [2.45, 2.75) is 51.9 Å². The zero-order valence-electron chi connectivity index (χ0n) is 8.62. The minimum Gasteiger partial charge on any atom is -0.389 e. The highest BCUT2D eigenvalue weighted by Gasteiger charge is 2.14. The van der Waals surface area contributed by atoms with E-state index >= 15 is 0 Å². The quantitative estimate of drug-likeness (QED) is 0.448. The highest BCUT2D eigenvalue weighted by Crippen LogP contribution is 2.11. The summed E-state index contributed by atoms with van der Waals surface area (Å²) in [6.45, 7) is 5.19. The molecule has 0 heterocycles. The van der Waals surface area contributed by atoms with Gasteiger partial charge in [-0.2, -0.15) is 0 Å². The van der Waals surface area contributed by atoms with E-state index in [0.29, 0.717) is 19.3 Å². The van der Waals surface area contributed by atoms with Gasteiger partial charge in [0.15, 0.2) is 5.79 Å². The van der Waals surface area contributed by atoms with E-state index in [4.69, 9.17) is 10.2 Å². The Kier molecular flexibility index (Phi) is 5.21. The summed E-state index contributed by atoms with van der Waals surface area (Å²) in [4.78, 5) is 0. The van der Waals surface area contributed by atoms with E-state index in [1.807, 2.05) is 13.8 Å². The third-order valence-corrected chi connectivity index (χ3v) is 1.68. The number of hydrogen-bond acceptors (Lipinski definition) is 3. The maximum absolute atomic E-state index is 9.38. The van der Waals surface area contributed by atoms with Crippen molar-refractivity contribution >= 4 is 0 Å². The van der Waals surface area contributed by atoms with Crippen molar-refractivity contribution < 1.29 is 15.3 Å². The Bertz CT molecular complexity index is 163. The normalized spacial score (nSPS) is 14.0. The summed E-state index contributed by atoms with van der Waals surface area (Å²) in [6.07, 6.45) is 2.77. The van der Waals surface area contributed by atoms with Crippen LogP contribution in [0.15, 0.2) is 11.6 Å². The Morgan fingerprint density at radius 1 is 1.38 bits per heavy atom. The van der Waals surface area contributed by atoms with Crippen LogP contribution in [0.25, 0.3) is 0 Å². The lowest BCUT2D eigenvalue weighted by molar-refractivity contribution is -0.150. The van der Waals surface area contributed by atoms with Gasteiger partial charge in [0.1, 0.15) is 0 Å². The van der Waals surface area contributed by atoms with Crippen molar-refractivity contribution in [3.63, 3.8) is 0 Å². The average Bonchev–Trinajstić information content (AvgIpc) is 1.81.